The van der Waals surface area contributed by atoms with Crippen LogP contribution in [0.5, 0.6) is 11.5 Å². The van der Waals surface area contributed by atoms with Crippen molar-refractivity contribution >= 4 is 17.9 Å². The number of alkyl halides is 3. The van der Waals surface area contributed by atoms with Gasteiger partial charge in [0.1, 0.15) is 6.10 Å². The molecule has 39 heavy (non-hydrogen) atoms. The van der Waals surface area contributed by atoms with Crippen LogP contribution < -0.4 is 15.2 Å². The maximum Gasteiger partial charge on any atom is 0.490 e. The fraction of sp³-hybridized carbons (Fsp3) is 0.276. The normalized spacial score (nSPS) is 12.9. The molecule has 0 aliphatic heterocycles. The fourth-order valence-corrected chi connectivity index (χ4v) is 3.46. The molecule has 0 fully saturated rings. The standard InChI is InChI=1S/C29H28F3NO6/c1-16(2)24(33)25(39-28(36)29(30,31)32)21-13-14-22(37-26(34)19-9-5-17(3)6-10-19)23(15-21)38-27(35)20-11-7-18(4)8-12-20/h5-16,24-25H,33H2,1-4H3. The van der Waals surface area contributed by atoms with Crippen molar-refractivity contribution in [2.45, 2.75) is 46.0 Å². The maximum absolute atomic E-state index is 13.0. The van der Waals surface area contributed by atoms with Gasteiger partial charge in [-0.15, -0.1) is 0 Å². The van der Waals surface area contributed by atoms with Gasteiger partial charge in [0.05, 0.1) is 11.1 Å². The predicted octanol–water partition coefficient (Wildman–Crippen LogP) is 5.87. The largest absolute Gasteiger partial charge is 0.490 e. The lowest BCUT2D eigenvalue weighted by molar-refractivity contribution is -0.206. The summed E-state index contributed by atoms with van der Waals surface area (Å²) in [4.78, 5) is 37.3. The van der Waals surface area contributed by atoms with Crippen molar-refractivity contribution in [3.05, 3.63) is 94.5 Å². The van der Waals surface area contributed by atoms with Crippen molar-refractivity contribution in [1.82, 2.24) is 0 Å². The lowest BCUT2D eigenvalue weighted by Crippen LogP contribution is -2.39. The van der Waals surface area contributed by atoms with E-state index >= 15 is 0 Å². The van der Waals surface area contributed by atoms with Crippen LogP contribution in [0.25, 0.3) is 0 Å². The first-order chi connectivity index (χ1) is 18.3. The van der Waals surface area contributed by atoms with E-state index < -0.39 is 42.1 Å². The first kappa shape index (κ1) is 29.4. The Morgan fingerprint density at radius 1 is 0.744 bits per heavy atom. The topological polar surface area (TPSA) is 105 Å². The van der Waals surface area contributed by atoms with Crippen molar-refractivity contribution in [2.75, 3.05) is 0 Å². The van der Waals surface area contributed by atoms with Crippen LogP contribution >= 0.6 is 0 Å². The molecule has 0 amide bonds. The molecule has 0 saturated heterocycles. The summed E-state index contributed by atoms with van der Waals surface area (Å²) in [5.41, 5.74) is 8.34. The molecule has 3 rings (SSSR count). The molecule has 0 heterocycles. The van der Waals surface area contributed by atoms with Crippen LogP contribution in [0, 0.1) is 19.8 Å². The average molecular weight is 544 g/mol. The number of halogens is 3. The molecule has 206 valence electrons. The Bertz CT molecular complexity index is 1330. The minimum Gasteiger partial charge on any atom is -0.449 e. The van der Waals surface area contributed by atoms with E-state index in [9.17, 15) is 27.6 Å². The van der Waals surface area contributed by atoms with Gasteiger partial charge in [0, 0.05) is 6.04 Å². The predicted molar refractivity (Wildman–Crippen MR) is 136 cm³/mol. The van der Waals surface area contributed by atoms with Gasteiger partial charge in [-0.1, -0.05) is 55.3 Å². The number of carbonyl (C=O) groups excluding carboxylic acids is 3. The first-order valence-electron chi connectivity index (χ1n) is 12.0. The fourth-order valence-electron chi connectivity index (χ4n) is 3.46. The second-order valence-electron chi connectivity index (χ2n) is 9.36. The van der Waals surface area contributed by atoms with Gasteiger partial charge < -0.3 is 19.9 Å². The summed E-state index contributed by atoms with van der Waals surface area (Å²) in [6, 6.07) is 15.6. The van der Waals surface area contributed by atoms with Crippen LogP contribution in [0.4, 0.5) is 13.2 Å². The van der Waals surface area contributed by atoms with Crippen molar-refractivity contribution in [3.63, 3.8) is 0 Å². The minimum atomic E-state index is -5.25. The Balaban J connectivity index is 2.03. The molecule has 0 saturated carbocycles. The van der Waals surface area contributed by atoms with Gasteiger partial charge in [0.25, 0.3) is 0 Å². The monoisotopic (exact) mass is 543 g/mol. The van der Waals surface area contributed by atoms with Crippen LogP contribution in [0.3, 0.4) is 0 Å². The van der Waals surface area contributed by atoms with Gasteiger partial charge in [-0.2, -0.15) is 13.2 Å². The summed E-state index contributed by atoms with van der Waals surface area (Å²) in [6.45, 7) is 6.98. The molecule has 0 aliphatic carbocycles. The maximum atomic E-state index is 13.0. The molecule has 7 nitrogen and oxygen atoms in total. The minimum absolute atomic E-state index is 0.00985. The Hall–Kier alpha value is -4.18. The van der Waals surface area contributed by atoms with Crippen LogP contribution in [0.15, 0.2) is 66.7 Å². The smallest absolute Gasteiger partial charge is 0.449 e. The highest BCUT2D eigenvalue weighted by Gasteiger charge is 2.43. The SMILES string of the molecule is Cc1ccc(C(=O)Oc2ccc(C(OC(=O)C(F)(F)F)C(N)C(C)C)cc2OC(=O)c2ccc(C)cc2)cc1. The third kappa shape index (κ3) is 7.67. The number of hydrogen-bond acceptors (Lipinski definition) is 7. The van der Waals surface area contributed by atoms with Crippen molar-refractivity contribution in [2.24, 2.45) is 11.7 Å². The second-order valence-corrected chi connectivity index (χ2v) is 9.36. The molecule has 10 heteroatoms. The number of rotatable bonds is 8. The number of nitrogens with two attached hydrogens (primary N) is 1. The Morgan fingerprint density at radius 3 is 1.64 bits per heavy atom. The zero-order valence-corrected chi connectivity index (χ0v) is 21.7. The van der Waals surface area contributed by atoms with Crippen LogP contribution in [-0.2, 0) is 9.53 Å². The summed E-state index contributed by atoms with van der Waals surface area (Å²) >= 11 is 0. The van der Waals surface area contributed by atoms with E-state index in [1.807, 2.05) is 13.8 Å². The molecule has 2 unspecified atom stereocenters. The summed E-state index contributed by atoms with van der Waals surface area (Å²) in [5, 5.41) is 0. The lowest BCUT2D eigenvalue weighted by Gasteiger charge is -2.28. The molecule has 3 aromatic rings. The molecule has 0 radical (unpaired) electrons. The van der Waals surface area contributed by atoms with Crippen LogP contribution in [0.2, 0.25) is 0 Å². The highest BCUT2D eigenvalue weighted by atomic mass is 19.4. The lowest BCUT2D eigenvalue weighted by atomic mass is 9.93. The number of benzene rings is 3. The molecule has 0 spiro atoms. The molecule has 3 aromatic carbocycles. The van der Waals surface area contributed by atoms with E-state index in [2.05, 4.69) is 0 Å². The third-order valence-electron chi connectivity index (χ3n) is 5.86. The number of ether oxygens (including phenoxy) is 3. The average Bonchev–Trinajstić information content (AvgIpc) is 2.87. The van der Waals surface area contributed by atoms with Crippen LogP contribution in [-0.4, -0.2) is 30.1 Å². The number of aryl methyl sites for hydroxylation is 2. The van der Waals surface area contributed by atoms with E-state index in [0.717, 1.165) is 11.1 Å². The summed E-state index contributed by atoms with van der Waals surface area (Å²) < 4.78 is 54.8. The number of hydrogen-bond donors (Lipinski definition) is 1. The summed E-state index contributed by atoms with van der Waals surface area (Å²) in [6.07, 6.45) is -6.79. The van der Waals surface area contributed by atoms with E-state index in [1.165, 1.54) is 30.3 Å². The third-order valence-corrected chi connectivity index (χ3v) is 5.86. The molecule has 2 N–H and O–H groups in total. The molecule has 0 bridgehead atoms. The van der Waals surface area contributed by atoms with Crippen molar-refractivity contribution in [3.8, 4) is 11.5 Å². The Kier molecular flexibility index (Phi) is 9.13. The highest BCUT2D eigenvalue weighted by molar-refractivity contribution is 5.93. The van der Waals surface area contributed by atoms with Gasteiger partial charge in [-0.25, -0.2) is 14.4 Å². The van der Waals surface area contributed by atoms with E-state index in [0.29, 0.717) is 0 Å². The van der Waals surface area contributed by atoms with E-state index in [1.54, 1.807) is 50.2 Å². The van der Waals surface area contributed by atoms with Gasteiger partial charge in [-0.3, -0.25) is 0 Å². The van der Waals surface area contributed by atoms with Gasteiger partial charge >= 0.3 is 24.1 Å². The molecule has 0 aliphatic rings. The van der Waals surface area contributed by atoms with Gasteiger partial charge in [0.15, 0.2) is 11.5 Å². The quantitative estimate of drug-likeness (QED) is 0.280. The zero-order chi connectivity index (χ0) is 28.9. The number of esters is 3. The molecule has 0 aromatic heterocycles. The summed E-state index contributed by atoms with van der Waals surface area (Å²) in [5.74, 6) is -4.83. The zero-order valence-electron chi connectivity index (χ0n) is 21.7. The Morgan fingerprint density at radius 2 is 1.21 bits per heavy atom. The summed E-state index contributed by atoms with van der Waals surface area (Å²) in [7, 11) is 0. The number of carbonyl (C=O) groups is 3. The second kappa shape index (κ2) is 12.1. The molecular weight excluding hydrogens is 515 g/mol. The highest BCUT2D eigenvalue weighted by Crippen LogP contribution is 2.36. The van der Waals surface area contributed by atoms with Crippen molar-refractivity contribution < 1.29 is 41.8 Å². The van der Waals surface area contributed by atoms with Gasteiger partial charge in [-0.05, 0) is 61.7 Å². The van der Waals surface area contributed by atoms with Crippen molar-refractivity contribution in [1.29, 1.82) is 0 Å². The molecule has 2 atom stereocenters. The molecular formula is C29H28F3NO6. The van der Waals surface area contributed by atoms with E-state index in [-0.39, 0.29) is 28.2 Å². The van der Waals surface area contributed by atoms with Crippen LogP contribution in [0.1, 0.15) is 57.4 Å². The van der Waals surface area contributed by atoms with Gasteiger partial charge in [0.2, 0.25) is 0 Å². The Labute approximate surface area is 223 Å². The van der Waals surface area contributed by atoms with E-state index in [4.69, 9.17) is 19.9 Å². The first-order valence-corrected chi connectivity index (χ1v) is 12.0.